The monoisotopic (exact) mass is 210 g/mol. The van der Waals surface area contributed by atoms with Gasteiger partial charge in [-0.25, -0.2) is 0 Å². The molecule has 1 aliphatic heterocycles. The van der Waals surface area contributed by atoms with Crippen LogP contribution in [0.15, 0.2) is 4.99 Å². The number of fused-ring (bicyclic) bond motifs is 1. The zero-order chi connectivity index (χ0) is 9.38. The van der Waals surface area contributed by atoms with Crippen LogP contribution < -0.4 is 5.32 Å². The van der Waals surface area contributed by atoms with Gasteiger partial charge in [-0.15, -0.1) is 0 Å². The molecular weight excluding hydrogens is 192 g/mol. The Bertz CT molecular complexity index is 248. The van der Waals surface area contributed by atoms with Crippen molar-refractivity contribution in [1.82, 2.24) is 5.32 Å². The Morgan fingerprint density at radius 2 is 2.00 bits per heavy atom. The summed E-state index contributed by atoms with van der Waals surface area (Å²) in [5.74, 6) is 2.20. The Labute approximate surface area is 89.9 Å². The predicted molar refractivity (Wildman–Crippen MR) is 61.8 cm³/mol. The third-order valence-corrected chi connectivity index (χ3v) is 4.58. The average molecular weight is 210 g/mol. The molecule has 2 unspecified atom stereocenters. The van der Waals surface area contributed by atoms with Crippen molar-refractivity contribution in [3.05, 3.63) is 0 Å². The molecule has 2 atom stereocenters. The Morgan fingerprint density at radius 1 is 1.14 bits per heavy atom. The molecule has 0 spiro atoms. The van der Waals surface area contributed by atoms with E-state index in [0.29, 0.717) is 6.04 Å². The van der Waals surface area contributed by atoms with Crippen molar-refractivity contribution < 1.29 is 0 Å². The Hall–Kier alpha value is -0.180. The second-order valence-corrected chi connectivity index (χ2v) is 5.78. The lowest BCUT2D eigenvalue weighted by atomic mass is 9.86. The van der Waals surface area contributed by atoms with E-state index in [1.807, 2.05) is 11.8 Å². The molecule has 1 heterocycles. The fourth-order valence-electron chi connectivity index (χ4n) is 2.41. The van der Waals surface area contributed by atoms with E-state index in [0.717, 1.165) is 12.0 Å². The number of amidine groups is 1. The van der Waals surface area contributed by atoms with Gasteiger partial charge in [-0.1, -0.05) is 24.6 Å². The van der Waals surface area contributed by atoms with Crippen molar-refractivity contribution in [3.8, 4) is 0 Å². The van der Waals surface area contributed by atoms with Crippen LogP contribution in [-0.2, 0) is 0 Å². The first kappa shape index (κ1) is 9.08. The number of hydrogen-bond donors (Lipinski definition) is 1. The maximum atomic E-state index is 4.85. The normalized spacial score (nSPS) is 37.3. The van der Waals surface area contributed by atoms with Crippen molar-refractivity contribution in [2.45, 2.75) is 50.6 Å². The topological polar surface area (TPSA) is 24.4 Å². The first-order chi connectivity index (χ1) is 6.92. The van der Waals surface area contributed by atoms with E-state index in [-0.39, 0.29) is 0 Å². The van der Waals surface area contributed by atoms with Crippen molar-refractivity contribution in [2.24, 2.45) is 10.9 Å². The fraction of sp³-hybridized carbons (Fsp3) is 0.909. The SMILES string of the molecule is C1CCC2N=C(NC3CC3)SCC2C1. The summed E-state index contributed by atoms with van der Waals surface area (Å²) in [6.07, 6.45) is 8.29. The van der Waals surface area contributed by atoms with Gasteiger partial charge in [-0.05, 0) is 31.6 Å². The van der Waals surface area contributed by atoms with Crippen LogP contribution in [0.4, 0.5) is 0 Å². The summed E-state index contributed by atoms with van der Waals surface area (Å²) in [5, 5.41) is 4.78. The number of nitrogens with one attached hydrogen (secondary N) is 1. The van der Waals surface area contributed by atoms with Crippen molar-refractivity contribution >= 4 is 16.9 Å². The summed E-state index contributed by atoms with van der Waals surface area (Å²) in [6, 6.07) is 1.42. The van der Waals surface area contributed by atoms with Gasteiger partial charge >= 0.3 is 0 Å². The van der Waals surface area contributed by atoms with Gasteiger partial charge in [-0.2, -0.15) is 0 Å². The quantitative estimate of drug-likeness (QED) is 0.718. The lowest BCUT2D eigenvalue weighted by Crippen LogP contribution is -2.35. The van der Waals surface area contributed by atoms with Gasteiger partial charge < -0.3 is 5.32 Å². The molecule has 1 N–H and O–H groups in total. The molecule has 2 fully saturated rings. The van der Waals surface area contributed by atoms with Gasteiger partial charge in [-0.3, -0.25) is 4.99 Å². The number of rotatable bonds is 1. The minimum absolute atomic E-state index is 0.659. The number of aliphatic imine (C=N–C) groups is 1. The Balaban J connectivity index is 1.65. The van der Waals surface area contributed by atoms with E-state index in [1.165, 1.54) is 49.4 Å². The molecule has 14 heavy (non-hydrogen) atoms. The summed E-state index contributed by atoms with van der Waals surface area (Å²) in [4.78, 5) is 4.85. The molecule has 78 valence electrons. The molecule has 0 aromatic carbocycles. The molecule has 0 saturated heterocycles. The largest absolute Gasteiger partial charge is 0.362 e. The van der Waals surface area contributed by atoms with E-state index in [9.17, 15) is 0 Å². The van der Waals surface area contributed by atoms with Gasteiger partial charge in [0.15, 0.2) is 5.17 Å². The predicted octanol–water partition coefficient (Wildman–Crippen LogP) is 2.40. The van der Waals surface area contributed by atoms with Gasteiger partial charge in [0.2, 0.25) is 0 Å². The van der Waals surface area contributed by atoms with Crippen molar-refractivity contribution in [2.75, 3.05) is 5.75 Å². The first-order valence-electron chi connectivity index (χ1n) is 5.89. The smallest absolute Gasteiger partial charge is 0.157 e. The molecule has 3 rings (SSSR count). The van der Waals surface area contributed by atoms with Crippen LogP contribution in [-0.4, -0.2) is 23.0 Å². The number of thioether (sulfide) groups is 1. The van der Waals surface area contributed by atoms with Gasteiger partial charge in [0, 0.05) is 11.8 Å². The molecule has 0 radical (unpaired) electrons. The minimum atomic E-state index is 0.659. The molecule has 0 bridgehead atoms. The number of hydrogen-bond acceptors (Lipinski definition) is 3. The van der Waals surface area contributed by atoms with E-state index in [2.05, 4.69) is 5.32 Å². The molecule has 3 aliphatic rings. The highest BCUT2D eigenvalue weighted by atomic mass is 32.2. The van der Waals surface area contributed by atoms with E-state index < -0.39 is 0 Å². The third-order valence-electron chi connectivity index (χ3n) is 3.49. The van der Waals surface area contributed by atoms with Crippen LogP contribution in [0.2, 0.25) is 0 Å². The van der Waals surface area contributed by atoms with Crippen molar-refractivity contribution in [3.63, 3.8) is 0 Å². The molecule has 2 saturated carbocycles. The zero-order valence-electron chi connectivity index (χ0n) is 8.54. The Kier molecular flexibility index (Phi) is 2.44. The summed E-state index contributed by atoms with van der Waals surface area (Å²) in [5.41, 5.74) is 0. The van der Waals surface area contributed by atoms with Gasteiger partial charge in [0.05, 0.1) is 6.04 Å². The van der Waals surface area contributed by atoms with Gasteiger partial charge in [0.1, 0.15) is 0 Å². The second-order valence-electron chi connectivity index (χ2n) is 4.78. The van der Waals surface area contributed by atoms with Crippen LogP contribution in [0.1, 0.15) is 38.5 Å². The zero-order valence-corrected chi connectivity index (χ0v) is 9.35. The highest BCUT2D eigenvalue weighted by Gasteiger charge is 2.31. The van der Waals surface area contributed by atoms with Crippen LogP contribution in [0, 0.1) is 5.92 Å². The maximum absolute atomic E-state index is 4.85. The average Bonchev–Trinajstić information content (AvgIpc) is 3.02. The van der Waals surface area contributed by atoms with Crippen LogP contribution >= 0.6 is 11.8 Å². The highest BCUT2D eigenvalue weighted by molar-refractivity contribution is 8.13. The molecule has 3 heteroatoms. The standard InChI is InChI=1S/C11H18N2S/c1-2-4-10-8(3-1)7-14-11(13-10)12-9-5-6-9/h8-10H,1-7H2,(H,12,13). The van der Waals surface area contributed by atoms with Crippen LogP contribution in [0.25, 0.3) is 0 Å². The molecule has 2 nitrogen and oxygen atoms in total. The maximum Gasteiger partial charge on any atom is 0.157 e. The van der Waals surface area contributed by atoms with E-state index in [4.69, 9.17) is 4.99 Å². The summed E-state index contributed by atoms with van der Waals surface area (Å²) in [7, 11) is 0. The Morgan fingerprint density at radius 3 is 2.86 bits per heavy atom. The molecule has 0 aromatic rings. The molecule has 0 aromatic heterocycles. The molecule has 2 aliphatic carbocycles. The first-order valence-corrected chi connectivity index (χ1v) is 6.87. The summed E-state index contributed by atoms with van der Waals surface area (Å²) >= 11 is 1.96. The van der Waals surface area contributed by atoms with Gasteiger partial charge in [0.25, 0.3) is 0 Å². The van der Waals surface area contributed by atoms with E-state index >= 15 is 0 Å². The van der Waals surface area contributed by atoms with Crippen LogP contribution in [0.5, 0.6) is 0 Å². The molecular formula is C11H18N2S. The molecule has 0 amide bonds. The fourth-order valence-corrected chi connectivity index (χ4v) is 3.63. The summed E-state index contributed by atoms with van der Waals surface area (Å²) < 4.78 is 0. The lowest BCUT2D eigenvalue weighted by Gasteiger charge is -2.32. The second kappa shape index (κ2) is 3.76. The number of nitrogens with zero attached hydrogens (tertiary/aromatic N) is 1. The minimum Gasteiger partial charge on any atom is -0.362 e. The third kappa shape index (κ3) is 1.92. The summed E-state index contributed by atoms with van der Waals surface area (Å²) in [6.45, 7) is 0. The lowest BCUT2D eigenvalue weighted by molar-refractivity contribution is 0.335. The van der Waals surface area contributed by atoms with Crippen molar-refractivity contribution in [1.29, 1.82) is 0 Å². The highest BCUT2D eigenvalue weighted by Crippen LogP contribution is 2.34. The van der Waals surface area contributed by atoms with E-state index in [1.54, 1.807) is 0 Å². The van der Waals surface area contributed by atoms with Crippen LogP contribution in [0.3, 0.4) is 0 Å².